The van der Waals surface area contributed by atoms with E-state index in [4.69, 9.17) is 0 Å². The quantitative estimate of drug-likeness (QED) is 0.860. The molecule has 0 saturated heterocycles. The van der Waals surface area contributed by atoms with Crippen molar-refractivity contribution in [1.29, 1.82) is 0 Å². The van der Waals surface area contributed by atoms with Gasteiger partial charge < -0.3 is 5.32 Å². The number of benzene rings is 2. The molecule has 0 aromatic heterocycles. The fourth-order valence-corrected chi connectivity index (χ4v) is 2.21. The van der Waals surface area contributed by atoms with E-state index >= 15 is 0 Å². The largest absolute Gasteiger partial charge is 0.313 e. The zero-order valence-electron chi connectivity index (χ0n) is 11.9. The van der Waals surface area contributed by atoms with Crippen molar-refractivity contribution in [3.8, 4) is 11.1 Å². The van der Waals surface area contributed by atoms with Gasteiger partial charge in [0.1, 0.15) is 5.82 Å². The Bertz CT molecular complexity index is 590. The number of aryl methyl sites for hydroxylation is 2. The van der Waals surface area contributed by atoms with Crippen LogP contribution in [0.15, 0.2) is 36.4 Å². The lowest BCUT2D eigenvalue weighted by atomic mass is 9.95. The van der Waals surface area contributed by atoms with E-state index in [0.717, 1.165) is 22.3 Å². The fraction of sp³-hybridized carbons (Fsp3) is 0.294. The number of rotatable bonds is 3. The Labute approximate surface area is 114 Å². The summed E-state index contributed by atoms with van der Waals surface area (Å²) < 4.78 is 14.1. The van der Waals surface area contributed by atoms with Crippen LogP contribution in [-0.2, 0) is 0 Å². The van der Waals surface area contributed by atoms with Gasteiger partial charge in [0.15, 0.2) is 0 Å². The van der Waals surface area contributed by atoms with Crippen LogP contribution in [0.4, 0.5) is 4.39 Å². The van der Waals surface area contributed by atoms with Crippen LogP contribution >= 0.6 is 0 Å². The summed E-state index contributed by atoms with van der Waals surface area (Å²) in [5, 5.41) is 3.18. The second kappa shape index (κ2) is 5.54. The lowest BCUT2D eigenvalue weighted by Crippen LogP contribution is -2.12. The molecule has 1 nitrogen and oxygen atoms in total. The molecule has 0 heterocycles. The Morgan fingerprint density at radius 2 is 1.74 bits per heavy atom. The van der Waals surface area contributed by atoms with Gasteiger partial charge in [0.05, 0.1) is 0 Å². The van der Waals surface area contributed by atoms with Gasteiger partial charge in [0.2, 0.25) is 0 Å². The van der Waals surface area contributed by atoms with E-state index in [9.17, 15) is 4.39 Å². The molecule has 0 spiro atoms. The van der Waals surface area contributed by atoms with Crippen LogP contribution in [-0.4, -0.2) is 7.05 Å². The van der Waals surface area contributed by atoms with Gasteiger partial charge in [-0.05, 0) is 56.6 Å². The second-order valence-electron chi connectivity index (χ2n) is 5.07. The van der Waals surface area contributed by atoms with Gasteiger partial charge in [0, 0.05) is 11.6 Å². The van der Waals surface area contributed by atoms with Crippen LogP contribution in [0.3, 0.4) is 0 Å². The number of halogens is 1. The maximum atomic E-state index is 14.1. The zero-order valence-corrected chi connectivity index (χ0v) is 11.9. The molecule has 1 N–H and O–H groups in total. The average molecular weight is 257 g/mol. The van der Waals surface area contributed by atoms with Crippen LogP contribution in [0, 0.1) is 19.7 Å². The highest BCUT2D eigenvalue weighted by atomic mass is 19.1. The monoisotopic (exact) mass is 257 g/mol. The van der Waals surface area contributed by atoms with Gasteiger partial charge in [-0.25, -0.2) is 4.39 Å². The minimum Gasteiger partial charge on any atom is -0.313 e. The van der Waals surface area contributed by atoms with Crippen molar-refractivity contribution in [2.45, 2.75) is 26.8 Å². The summed E-state index contributed by atoms with van der Waals surface area (Å²) in [7, 11) is 1.91. The molecule has 100 valence electrons. The van der Waals surface area contributed by atoms with Crippen molar-refractivity contribution in [2.24, 2.45) is 0 Å². The first-order valence-electron chi connectivity index (χ1n) is 6.57. The van der Waals surface area contributed by atoms with Crippen LogP contribution in [0.5, 0.6) is 0 Å². The predicted octanol–water partition coefficient (Wildman–Crippen LogP) is 4.39. The van der Waals surface area contributed by atoms with Crippen molar-refractivity contribution >= 4 is 0 Å². The van der Waals surface area contributed by atoms with E-state index in [1.54, 1.807) is 6.07 Å². The van der Waals surface area contributed by atoms with E-state index in [1.165, 1.54) is 0 Å². The summed E-state index contributed by atoms with van der Waals surface area (Å²) in [6, 6.07) is 11.7. The van der Waals surface area contributed by atoms with Crippen LogP contribution < -0.4 is 5.32 Å². The summed E-state index contributed by atoms with van der Waals surface area (Å²) in [6.07, 6.45) is 0. The Morgan fingerprint density at radius 3 is 2.42 bits per heavy atom. The third kappa shape index (κ3) is 2.85. The van der Waals surface area contributed by atoms with Gasteiger partial charge in [-0.3, -0.25) is 0 Å². The van der Waals surface area contributed by atoms with Crippen LogP contribution in [0.25, 0.3) is 11.1 Å². The molecule has 0 bridgehead atoms. The molecule has 0 radical (unpaired) electrons. The molecule has 2 heteroatoms. The molecule has 0 aliphatic carbocycles. The Kier molecular flexibility index (Phi) is 4.01. The lowest BCUT2D eigenvalue weighted by molar-refractivity contribution is 0.622. The lowest BCUT2D eigenvalue weighted by Gasteiger charge is -2.14. The molecule has 0 aliphatic rings. The highest BCUT2D eigenvalue weighted by Crippen LogP contribution is 2.29. The average Bonchev–Trinajstić information content (AvgIpc) is 2.41. The summed E-state index contributed by atoms with van der Waals surface area (Å²) in [4.78, 5) is 0. The van der Waals surface area contributed by atoms with E-state index in [-0.39, 0.29) is 11.9 Å². The molecular weight excluding hydrogens is 237 g/mol. The molecule has 0 aliphatic heterocycles. The molecule has 0 fully saturated rings. The number of hydrogen-bond acceptors (Lipinski definition) is 1. The molecule has 2 aromatic carbocycles. The van der Waals surface area contributed by atoms with Crippen molar-refractivity contribution in [3.05, 3.63) is 58.9 Å². The predicted molar refractivity (Wildman–Crippen MR) is 78.8 cm³/mol. The normalized spacial score (nSPS) is 12.5. The smallest absolute Gasteiger partial charge is 0.131 e. The Hall–Kier alpha value is -1.67. The van der Waals surface area contributed by atoms with Gasteiger partial charge in [-0.15, -0.1) is 0 Å². The fourth-order valence-electron chi connectivity index (χ4n) is 2.21. The summed E-state index contributed by atoms with van der Waals surface area (Å²) >= 11 is 0. The molecule has 2 aromatic rings. The number of hydrogen-bond donors (Lipinski definition) is 1. The van der Waals surface area contributed by atoms with Gasteiger partial charge in [-0.2, -0.15) is 0 Å². The first kappa shape index (κ1) is 13.8. The third-order valence-corrected chi connectivity index (χ3v) is 3.61. The standard InChI is InChI=1S/C17H20FN/c1-11-5-6-12(2)15(9-11)16-10-14(13(3)19-4)7-8-17(16)18/h5-10,13,19H,1-4H3. The second-order valence-corrected chi connectivity index (χ2v) is 5.07. The summed E-state index contributed by atoms with van der Waals surface area (Å²) in [6.45, 7) is 6.11. The minimum absolute atomic E-state index is 0.166. The minimum atomic E-state index is -0.166. The Balaban J connectivity index is 2.57. The highest BCUT2D eigenvalue weighted by Gasteiger charge is 2.11. The van der Waals surface area contributed by atoms with Crippen molar-refractivity contribution in [3.63, 3.8) is 0 Å². The number of nitrogens with one attached hydrogen (secondary N) is 1. The SMILES string of the molecule is CNC(C)c1ccc(F)c(-c2cc(C)ccc2C)c1. The van der Waals surface area contributed by atoms with E-state index in [1.807, 2.05) is 45.2 Å². The highest BCUT2D eigenvalue weighted by molar-refractivity contribution is 5.69. The maximum Gasteiger partial charge on any atom is 0.131 e. The summed E-state index contributed by atoms with van der Waals surface area (Å²) in [5.74, 6) is -0.166. The molecule has 2 rings (SSSR count). The van der Waals surface area contributed by atoms with Crippen molar-refractivity contribution in [2.75, 3.05) is 7.05 Å². The van der Waals surface area contributed by atoms with Gasteiger partial charge >= 0.3 is 0 Å². The van der Waals surface area contributed by atoms with E-state index in [0.29, 0.717) is 5.56 Å². The first-order chi connectivity index (χ1) is 9.02. The van der Waals surface area contributed by atoms with Crippen molar-refractivity contribution in [1.82, 2.24) is 5.32 Å². The van der Waals surface area contributed by atoms with Crippen LogP contribution in [0.2, 0.25) is 0 Å². The van der Waals surface area contributed by atoms with Crippen LogP contribution in [0.1, 0.15) is 29.7 Å². The molecule has 0 amide bonds. The molecule has 1 unspecified atom stereocenters. The molecule has 0 saturated carbocycles. The molecule has 1 atom stereocenters. The summed E-state index contributed by atoms with van der Waals surface area (Å²) in [5.41, 5.74) is 4.99. The van der Waals surface area contributed by atoms with Crippen molar-refractivity contribution < 1.29 is 4.39 Å². The Morgan fingerprint density at radius 1 is 1.00 bits per heavy atom. The molecule has 19 heavy (non-hydrogen) atoms. The third-order valence-electron chi connectivity index (χ3n) is 3.61. The molecular formula is C17H20FN. The van der Waals surface area contributed by atoms with E-state index < -0.39 is 0 Å². The first-order valence-corrected chi connectivity index (χ1v) is 6.57. The maximum absolute atomic E-state index is 14.1. The van der Waals surface area contributed by atoms with Gasteiger partial charge in [-0.1, -0.05) is 29.8 Å². The zero-order chi connectivity index (χ0) is 14.0. The van der Waals surface area contributed by atoms with Gasteiger partial charge in [0.25, 0.3) is 0 Å². The topological polar surface area (TPSA) is 12.0 Å². The van der Waals surface area contributed by atoms with E-state index in [2.05, 4.69) is 18.3 Å².